The minimum atomic E-state index is 0.601. The molecule has 0 saturated carbocycles. The molecule has 41 heavy (non-hydrogen) atoms. The maximum atomic E-state index is 6.14. The number of aromatic nitrogens is 4. The zero-order valence-corrected chi connectivity index (χ0v) is 21.9. The van der Waals surface area contributed by atoms with Crippen molar-refractivity contribution in [1.82, 2.24) is 19.9 Å². The van der Waals surface area contributed by atoms with Crippen LogP contribution >= 0.6 is 0 Å². The average molecular weight is 527 g/mol. The summed E-state index contributed by atoms with van der Waals surface area (Å²) in [4.78, 5) is 19.7. The van der Waals surface area contributed by atoms with Gasteiger partial charge in [0.25, 0.3) is 0 Å². The van der Waals surface area contributed by atoms with Crippen molar-refractivity contribution in [3.63, 3.8) is 0 Å². The van der Waals surface area contributed by atoms with Crippen molar-refractivity contribution in [3.8, 4) is 45.6 Å². The molecule has 0 unspecified atom stereocenters. The van der Waals surface area contributed by atoms with Crippen molar-refractivity contribution >= 4 is 32.6 Å². The third-order valence-corrected chi connectivity index (χ3v) is 7.33. The van der Waals surface area contributed by atoms with Gasteiger partial charge in [0.1, 0.15) is 5.52 Å². The summed E-state index contributed by atoms with van der Waals surface area (Å²) in [7, 11) is 0. The van der Waals surface area contributed by atoms with Crippen LogP contribution in [-0.4, -0.2) is 19.9 Å². The first kappa shape index (κ1) is 23.2. The summed E-state index contributed by atoms with van der Waals surface area (Å²) in [6.45, 7) is 0. The molecule has 5 heteroatoms. The maximum absolute atomic E-state index is 6.14. The first-order valence-corrected chi connectivity index (χ1v) is 13.5. The molecule has 8 aromatic rings. The summed E-state index contributed by atoms with van der Waals surface area (Å²) in [5.41, 5.74) is 5.26. The van der Waals surface area contributed by atoms with E-state index in [0.29, 0.717) is 23.4 Å². The van der Waals surface area contributed by atoms with Gasteiger partial charge in [-0.15, -0.1) is 0 Å². The fourth-order valence-corrected chi connectivity index (χ4v) is 5.23. The van der Waals surface area contributed by atoms with Gasteiger partial charge in [0.15, 0.2) is 23.1 Å². The molecule has 0 bridgehead atoms. The summed E-state index contributed by atoms with van der Waals surface area (Å²) in [5.74, 6) is 2.46. The quantitative estimate of drug-likeness (QED) is 0.229. The highest BCUT2D eigenvalue weighted by molar-refractivity contribution is 6.05. The van der Waals surface area contributed by atoms with Crippen molar-refractivity contribution in [3.05, 3.63) is 133 Å². The van der Waals surface area contributed by atoms with Gasteiger partial charge in [-0.2, -0.15) is 0 Å². The van der Waals surface area contributed by atoms with E-state index in [1.165, 1.54) is 5.39 Å². The van der Waals surface area contributed by atoms with E-state index in [9.17, 15) is 0 Å². The van der Waals surface area contributed by atoms with Crippen LogP contribution in [0.2, 0.25) is 0 Å². The second-order valence-electron chi connectivity index (χ2n) is 9.97. The summed E-state index contributed by atoms with van der Waals surface area (Å²) in [6.07, 6.45) is 0. The molecule has 0 amide bonds. The van der Waals surface area contributed by atoms with Crippen LogP contribution < -0.4 is 0 Å². The van der Waals surface area contributed by atoms with Crippen LogP contribution in [0.1, 0.15) is 0 Å². The fourth-order valence-electron chi connectivity index (χ4n) is 5.23. The highest BCUT2D eigenvalue weighted by Gasteiger charge is 2.15. The van der Waals surface area contributed by atoms with Crippen molar-refractivity contribution < 1.29 is 4.42 Å². The van der Waals surface area contributed by atoms with Crippen molar-refractivity contribution in [2.75, 3.05) is 0 Å². The normalized spacial score (nSPS) is 11.4. The predicted octanol–water partition coefficient (Wildman–Crippen LogP) is 8.99. The van der Waals surface area contributed by atoms with Gasteiger partial charge in [0, 0.05) is 27.6 Å². The Morgan fingerprint density at radius 2 is 0.951 bits per heavy atom. The first-order valence-electron chi connectivity index (χ1n) is 13.5. The molecule has 0 atom stereocenters. The van der Waals surface area contributed by atoms with Crippen LogP contribution in [0.5, 0.6) is 0 Å². The van der Waals surface area contributed by atoms with E-state index < -0.39 is 0 Å². The molecule has 0 fully saturated rings. The van der Waals surface area contributed by atoms with Crippen LogP contribution in [0.15, 0.2) is 138 Å². The lowest BCUT2D eigenvalue weighted by Crippen LogP contribution is -2.00. The molecule has 0 aliphatic rings. The van der Waals surface area contributed by atoms with Crippen LogP contribution in [0.25, 0.3) is 78.3 Å². The summed E-state index contributed by atoms with van der Waals surface area (Å²) < 4.78 is 6.14. The van der Waals surface area contributed by atoms with Gasteiger partial charge in [-0.1, -0.05) is 103 Å². The van der Waals surface area contributed by atoms with Crippen LogP contribution in [-0.2, 0) is 0 Å². The van der Waals surface area contributed by atoms with E-state index in [-0.39, 0.29) is 0 Å². The summed E-state index contributed by atoms with van der Waals surface area (Å²) in [5, 5.41) is 4.37. The highest BCUT2D eigenvalue weighted by atomic mass is 16.3. The molecule has 0 spiro atoms. The van der Waals surface area contributed by atoms with Gasteiger partial charge >= 0.3 is 0 Å². The third-order valence-electron chi connectivity index (χ3n) is 7.33. The molecular formula is C36H22N4O. The molecule has 0 N–H and O–H groups in total. The van der Waals surface area contributed by atoms with E-state index in [1.54, 1.807) is 0 Å². The van der Waals surface area contributed by atoms with Gasteiger partial charge in [-0.3, -0.25) is 0 Å². The SMILES string of the molecule is c1ccc(-c2nc(-c3ccc4ccccc4c3)nc(-c3ccc4ccc5oc(-c6ccccc6)nc5c4c3)n2)cc1. The van der Waals surface area contributed by atoms with Gasteiger partial charge in [-0.25, -0.2) is 19.9 Å². The van der Waals surface area contributed by atoms with Gasteiger partial charge in [0.2, 0.25) is 5.89 Å². The zero-order chi connectivity index (χ0) is 27.2. The molecule has 2 aromatic heterocycles. The van der Waals surface area contributed by atoms with Crippen molar-refractivity contribution in [2.45, 2.75) is 0 Å². The minimum absolute atomic E-state index is 0.601. The topological polar surface area (TPSA) is 64.7 Å². The van der Waals surface area contributed by atoms with Gasteiger partial charge in [0.05, 0.1) is 0 Å². The lowest BCUT2D eigenvalue weighted by molar-refractivity contribution is 0.620. The average Bonchev–Trinajstić information content (AvgIpc) is 3.50. The predicted molar refractivity (Wildman–Crippen MR) is 164 cm³/mol. The van der Waals surface area contributed by atoms with Gasteiger partial charge in [-0.05, 0) is 46.5 Å². The molecule has 0 aliphatic heterocycles. The molecule has 8 rings (SSSR count). The van der Waals surface area contributed by atoms with E-state index in [4.69, 9.17) is 24.4 Å². The Labute approximate surface area is 235 Å². The highest BCUT2D eigenvalue weighted by Crippen LogP contribution is 2.33. The summed E-state index contributed by atoms with van der Waals surface area (Å²) in [6, 6.07) is 44.9. The largest absolute Gasteiger partial charge is 0.436 e. The van der Waals surface area contributed by atoms with Crippen LogP contribution in [0.4, 0.5) is 0 Å². The number of hydrogen-bond acceptors (Lipinski definition) is 5. The second-order valence-corrected chi connectivity index (χ2v) is 9.97. The Bertz CT molecular complexity index is 2210. The molecular weight excluding hydrogens is 504 g/mol. The number of hydrogen-bond donors (Lipinski definition) is 0. The minimum Gasteiger partial charge on any atom is -0.436 e. The molecule has 192 valence electrons. The number of oxazole rings is 1. The Morgan fingerprint density at radius 1 is 0.390 bits per heavy atom. The second kappa shape index (κ2) is 9.50. The third kappa shape index (κ3) is 4.21. The standard InChI is InChI=1S/C36H22N4O/c1-3-10-25(11-4-1)33-38-34(28-17-15-23-9-7-8-14-27(23)21-28)40-35(39-33)29-18-16-24-19-20-31-32(30(24)22-29)37-36(41-31)26-12-5-2-6-13-26/h1-22H. The van der Waals surface area contributed by atoms with E-state index in [0.717, 1.165) is 49.5 Å². The van der Waals surface area contributed by atoms with Crippen molar-refractivity contribution in [1.29, 1.82) is 0 Å². The fraction of sp³-hybridized carbons (Fsp3) is 0. The monoisotopic (exact) mass is 526 g/mol. The maximum Gasteiger partial charge on any atom is 0.227 e. The van der Waals surface area contributed by atoms with Gasteiger partial charge < -0.3 is 4.42 Å². The molecule has 0 aliphatic carbocycles. The molecule has 6 aromatic carbocycles. The number of fused-ring (bicyclic) bond motifs is 4. The lowest BCUT2D eigenvalue weighted by Gasteiger charge is -2.10. The Kier molecular flexibility index (Phi) is 5.38. The van der Waals surface area contributed by atoms with Crippen molar-refractivity contribution in [2.24, 2.45) is 0 Å². The Hall–Kier alpha value is -5.68. The number of benzene rings is 6. The lowest BCUT2D eigenvalue weighted by atomic mass is 10.0. The number of rotatable bonds is 4. The van der Waals surface area contributed by atoms with E-state index >= 15 is 0 Å². The molecule has 5 nitrogen and oxygen atoms in total. The molecule has 2 heterocycles. The molecule has 0 saturated heterocycles. The van der Waals surface area contributed by atoms with Crippen LogP contribution in [0.3, 0.4) is 0 Å². The summed E-state index contributed by atoms with van der Waals surface area (Å²) >= 11 is 0. The molecule has 0 radical (unpaired) electrons. The van der Waals surface area contributed by atoms with Crippen LogP contribution in [0, 0.1) is 0 Å². The smallest absolute Gasteiger partial charge is 0.227 e. The Morgan fingerprint density at radius 3 is 1.68 bits per heavy atom. The van der Waals surface area contributed by atoms with E-state index in [1.807, 2.05) is 78.9 Å². The Balaban J connectivity index is 1.31. The van der Waals surface area contributed by atoms with E-state index in [2.05, 4.69) is 54.6 Å². The zero-order valence-electron chi connectivity index (χ0n) is 21.9. The number of nitrogens with zero attached hydrogens (tertiary/aromatic N) is 4. The first-order chi connectivity index (χ1) is 20.3.